The first-order chi connectivity index (χ1) is 8.79. The van der Waals surface area contributed by atoms with Crippen LogP contribution in [0, 0.1) is 17.8 Å². The number of rotatable bonds is 4. The zero-order chi connectivity index (χ0) is 12.5. The minimum atomic E-state index is 0.349. The number of carbonyl (C=O) groups is 1. The Balaban J connectivity index is 1.40. The van der Waals surface area contributed by atoms with Gasteiger partial charge in [-0.05, 0) is 37.5 Å². The summed E-state index contributed by atoms with van der Waals surface area (Å²) in [4.78, 5) is 14.5. The molecule has 102 valence electrons. The first kappa shape index (κ1) is 12.4. The Hall–Kier alpha value is -0.610. The predicted octanol–water partition coefficient (Wildman–Crippen LogP) is 0.572. The van der Waals surface area contributed by atoms with E-state index in [2.05, 4.69) is 10.2 Å². The number of hydrogen-bond donors (Lipinski definition) is 2. The molecular weight excluding hydrogens is 226 g/mol. The van der Waals surface area contributed by atoms with Gasteiger partial charge in [0.2, 0.25) is 5.91 Å². The van der Waals surface area contributed by atoms with Crippen molar-refractivity contribution in [3.8, 4) is 0 Å². The van der Waals surface area contributed by atoms with Crippen molar-refractivity contribution >= 4 is 5.91 Å². The lowest BCUT2D eigenvalue weighted by Crippen LogP contribution is -2.46. The number of nitrogens with two attached hydrogens (primary N) is 1. The molecule has 3 rings (SSSR count). The molecular formula is C14H25N3O. The van der Waals surface area contributed by atoms with Crippen LogP contribution in [-0.4, -0.2) is 43.0 Å². The standard InChI is InChI=1S/C14H25N3O/c15-6-9-17-7-4-10(5-8-17)16-14(18)13-11-2-1-3-12(11)13/h10-13H,1-9,15H2,(H,16,18). The number of hydrogen-bond acceptors (Lipinski definition) is 3. The lowest BCUT2D eigenvalue weighted by atomic mass is 10.0. The molecule has 2 atom stereocenters. The SMILES string of the molecule is NCCN1CCC(NC(=O)C2C3CCCC32)CC1. The molecule has 1 saturated heterocycles. The van der Waals surface area contributed by atoms with Crippen LogP contribution in [-0.2, 0) is 4.79 Å². The third kappa shape index (κ3) is 2.41. The van der Waals surface area contributed by atoms with Gasteiger partial charge in [0.15, 0.2) is 0 Å². The molecule has 0 radical (unpaired) electrons. The Morgan fingerprint density at radius 2 is 1.83 bits per heavy atom. The van der Waals surface area contributed by atoms with Gasteiger partial charge in [-0.1, -0.05) is 6.42 Å². The molecule has 1 amide bonds. The molecule has 0 spiro atoms. The van der Waals surface area contributed by atoms with E-state index in [1.165, 1.54) is 19.3 Å². The van der Waals surface area contributed by atoms with Crippen LogP contribution in [0.15, 0.2) is 0 Å². The number of carbonyl (C=O) groups excluding carboxylic acids is 1. The van der Waals surface area contributed by atoms with Gasteiger partial charge < -0.3 is 16.0 Å². The van der Waals surface area contributed by atoms with E-state index < -0.39 is 0 Å². The zero-order valence-corrected chi connectivity index (χ0v) is 11.1. The molecule has 1 aliphatic heterocycles. The lowest BCUT2D eigenvalue weighted by Gasteiger charge is -2.32. The van der Waals surface area contributed by atoms with E-state index >= 15 is 0 Å². The highest BCUT2D eigenvalue weighted by molar-refractivity contribution is 5.82. The highest BCUT2D eigenvalue weighted by Crippen LogP contribution is 2.57. The van der Waals surface area contributed by atoms with Crippen molar-refractivity contribution in [2.24, 2.45) is 23.5 Å². The Bertz CT molecular complexity index is 302. The summed E-state index contributed by atoms with van der Waals surface area (Å²) in [7, 11) is 0. The van der Waals surface area contributed by atoms with Crippen LogP contribution in [0.3, 0.4) is 0 Å². The number of nitrogens with one attached hydrogen (secondary N) is 1. The van der Waals surface area contributed by atoms with E-state index in [0.29, 0.717) is 17.9 Å². The minimum absolute atomic E-state index is 0.349. The maximum atomic E-state index is 12.1. The Morgan fingerprint density at radius 1 is 1.17 bits per heavy atom. The first-order valence-electron chi connectivity index (χ1n) is 7.52. The number of piperidine rings is 1. The van der Waals surface area contributed by atoms with Gasteiger partial charge in [0, 0.05) is 38.1 Å². The van der Waals surface area contributed by atoms with Crippen LogP contribution < -0.4 is 11.1 Å². The summed E-state index contributed by atoms with van der Waals surface area (Å²) in [6.07, 6.45) is 6.10. The predicted molar refractivity (Wildman–Crippen MR) is 71.0 cm³/mol. The Morgan fingerprint density at radius 3 is 2.44 bits per heavy atom. The van der Waals surface area contributed by atoms with E-state index in [1.54, 1.807) is 0 Å². The molecule has 18 heavy (non-hydrogen) atoms. The average molecular weight is 251 g/mol. The van der Waals surface area contributed by atoms with E-state index in [-0.39, 0.29) is 0 Å². The molecule has 3 fully saturated rings. The maximum Gasteiger partial charge on any atom is 0.223 e. The summed E-state index contributed by atoms with van der Waals surface area (Å²) in [6.45, 7) is 3.90. The summed E-state index contributed by atoms with van der Waals surface area (Å²) < 4.78 is 0. The van der Waals surface area contributed by atoms with Gasteiger partial charge in [0.05, 0.1) is 0 Å². The van der Waals surface area contributed by atoms with E-state index in [1.807, 2.05) is 0 Å². The quantitative estimate of drug-likeness (QED) is 0.768. The number of amides is 1. The van der Waals surface area contributed by atoms with Gasteiger partial charge in [-0.25, -0.2) is 0 Å². The second kappa shape index (κ2) is 5.17. The summed E-state index contributed by atoms with van der Waals surface area (Å²) in [5.41, 5.74) is 5.56. The normalized spacial score (nSPS) is 36.4. The molecule has 0 aromatic rings. The van der Waals surface area contributed by atoms with Crippen molar-refractivity contribution in [1.29, 1.82) is 0 Å². The molecule has 3 N–H and O–H groups in total. The molecule has 3 aliphatic rings. The van der Waals surface area contributed by atoms with Crippen molar-refractivity contribution < 1.29 is 4.79 Å². The average Bonchev–Trinajstić information content (AvgIpc) is 2.86. The van der Waals surface area contributed by atoms with Gasteiger partial charge in [0.1, 0.15) is 0 Å². The summed E-state index contributed by atoms with van der Waals surface area (Å²) in [5, 5.41) is 3.28. The van der Waals surface area contributed by atoms with E-state index in [0.717, 1.165) is 50.9 Å². The molecule has 0 aromatic carbocycles. The molecule has 2 unspecified atom stereocenters. The number of likely N-dealkylation sites (tertiary alicyclic amines) is 1. The van der Waals surface area contributed by atoms with Gasteiger partial charge >= 0.3 is 0 Å². The van der Waals surface area contributed by atoms with Crippen LogP contribution in [0.5, 0.6) is 0 Å². The van der Waals surface area contributed by atoms with Crippen LogP contribution in [0.1, 0.15) is 32.1 Å². The smallest absolute Gasteiger partial charge is 0.223 e. The number of fused-ring (bicyclic) bond motifs is 1. The molecule has 4 heteroatoms. The summed E-state index contributed by atoms with van der Waals surface area (Å²) in [5.74, 6) is 2.20. The van der Waals surface area contributed by atoms with Gasteiger partial charge in [-0.15, -0.1) is 0 Å². The van der Waals surface area contributed by atoms with Gasteiger partial charge in [0.25, 0.3) is 0 Å². The Labute approximate surface area is 109 Å². The van der Waals surface area contributed by atoms with E-state index in [4.69, 9.17) is 5.73 Å². The maximum absolute atomic E-state index is 12.1. The lowest BCUT2D eigenvalue weighted by molar-refractivity contribution is -0.124. The fourth-order valence-electron chi connectivity index (χ4n) is 3.99. The Kier molecular flexibility index (Phi) is 3.57. The fraction of sp³-hybridized carbons (Fsp3) is 0.929. The monoisotopic (exact) mass is 251 g/mol. The summed E-state index contributed by atoms with van der Waals surface area (Å²) in [6, 6.07) is 0.410. The molecule has 0 aromatic heterocycles. The van der Waals surface area contributed by atoms with Crippen LogP contribution >= 0.6 is 0 Å². The van der Waals surface area contributed by atoms with Gasteiger partial charge in [-0.3, -0.25) is 4.79 Å². The molecule has 0 bridgehead atoms. The van der Waals surface area contributed by atoms with Crippen LogP contribution in [0.25, 0.3) is 0 Å². The van der Waals surface area contributed by atoms with Crippen LogP contribution in [0.2, 0.25) is 0 Å². The third-order valence-corrected chi connectivity index (χ3v) is 5.09. The van der Waals surface area contributed by atoms with Crippen molar-refractivity contribution in [3.05, 3.63) is 0 Å². The van der Waals surface area contributed by atoms with Crippen molar-refractivity contribution in [2.75, 3.05) is 26.2 Å². The number of nitrogens with zero attached hydrogens (tertiary/aromatic N) is 1. The van der Waals surface area contributed by atoms with E-state index in [9.17, 15) is 4.79 Å². The third-order valence-electron chi connectivity index (χ3n) is 5.09. The molecule has 2 aliphatic carbocycles. The van der Waals surface area contributed by atoms with Crippen molar-refractivity contribution in [2.45, 2.75) is 38.1 Å². The van der Waals surface area contributed by atoms with Crippen molar-refractivity contribution in [3.63, 3.8) is 0 Å². The summed E-state index contributed by atoms with van der Waals surface area (Å²) >= 11 is 0. The molecule has 4 nitrogen and oxygen atoms in total. The zero-order valence-electron chi connectivity index (χ0n) is 11.1. The second-order valence-electron chi connectivity index (χ2n) is 6.20. The van der Waals surface area contributed by atoms with Crippen molar-refractivity contribution in [1.82, 2.24) is 10.2 Å². The second-order valence-corrected chi connectivity index (χ2v) is 6.20. The molecule has 1 heterocycles. The highest BCUT2D eigenvalue weighted by atomic mass is 16.2. The molecule has 2 saturated carbocycles. The fourth-order valence-corrected chi connectivity index (χ4v) is 3.99. The first-order valence-corrected chi connectivity index (χ1v) is 7.52. The van der Waals surface area contributed by atoms with Gasteiger partial charge in [-0.2, -0.15) is 0 Å². The highest BCUT2D eigenvalue weighted by Gasteiger charge is 2.56. The van der Waals surface area contributed by atoms with Crippen LogP contribution in [0.4, 0.5) is 0 Å². The topological polar surface area (TPSA) is 58.4 Å². The largest absolute Gasteiger partial charge is 0.353 e. The minimum Gasteiger partial charge on any atom is -0.353 e.